The van der Waals surface area contributed by atoms with Gasteiger partial charge in [0, 0.05) is 17.0 Å². The first-order valence-electron chi connectivity index (χ1n) is 8.31. The molecular weight excluding hydrogens is 332 g/mol. The van der Waals surface area contributed by atoms with Gasteiger partial charge in [-0.1, -0.05) is 47.6 Å². The lowest BCUT2D eigenvalue weighted by atomic mass is 10.0. The molecule has 1 aliphatic rings. The highest BCUT2D eigenvalue weighted by Gasteiger charge is 2.29. The van der Waals surface area contributed by atoms with E-state index in [9.17, 15) is 4.79 Å². The lowest BCUT2D eigenvalue weighted by molar-refractivity contribution is 0.0985. The van der Waals surface area contributed by atoms with Gasteiger partial charge in [0.25, 0.3) is 5.91 Å². The van der Waals surface area contributed by atoms with E-state index in [1.165, 1.54) is 0 Å². The topological polar surface area (TPSA) is 46.3 Å². The number of carbonyl (C=O) groups is 1. The number of carbonyl (C=O) groups excluding carboxylic acids is 1. The summed E-state index contributed by atoms with van der Waals surface area (Å²) < 4.78 is 5.38. The maximum Gasteiger partial charge on any atom is 0.264 e. The first-order valence-corrected chi connectivity index (χ1v) is 9.29. The number of nitrogens with zero attached hydrogens (tertiary/aromatic N) is 2. The van der Waals surface area contributed by atoms with Crippen LogP contribution in [0.3, 0.4) is 0 Å². The molecule has 2 aromatic carbocycles. The summed E-state index contributed by atoms with van der Waals surface area (Å²) in [4.78, 5) is 16.4. The number of amides is 1. The van der Waals surface area contributed by atoms with Crippen molar-refractivity contribution >= 4 is 23.4 Å². The van der Waals surface area contributed by atoms with Crippen molar-refractivity contribution in [2.75, 3.05) is 17.2 Å². The lowest BCUT2D eigenvalue weighted by Gasteiger charge is -2.22. The smallest absolute Gasteiger partial charge is 0.264 e. The molecule has 0 aliphatic carbocycles. The van der Waals surface area contributed by atoms with E-state index < -0.39 is 0 Å². The molecule has 1 amide bonds. The molecule has 0 atom stereocenters. The molecule has 25 heavy (non-hydrogen) atoms. The third-order valence-corrected chi connectivity index (χ3v) is 5.46. The Hall–Kier alpha value is -2.53. The summed E-state index contributed by atoms with van der Waals surface area (Å²) in [7, 11) is 0. The molecular formula is C20H18N2O2S. The molecule has 3 aromatic rings. The second kappa shape index (κ2) is 6.76. The Labute approximate surface area is 150 Å². The fourth-order valence-electron chi connectivity index (χ4n) is 3.09. The van der Waals surface area contributed by atoms with E-state index >= 15 is 0 Å². The molecule has 5 heteroatoms. The SMILES string of the molecule is Cc1onc(-c2ccccc2)c1C(=O)N1CCCSc2ccccc21. The highest BCUT2D eigenvalue weighted by atomic mass is 32.2. The van der Waals surface area contributed by atoms with Crippen LogP contribution in [0.1, 0.15) is 22.5 Å². The summed E-state index contributed by atoms with van der Waals surface area (Å²) in [5, 5.41) is 4.15. The average molecular weight is 350 g/mol. The maximum absolute atomic E-state index is 13.4. The number of rotatable bonds is 2. The monoisotopic (exact) mass is 350 g/mol. The lowest BCUT2D eigenvalue weighted by Crippen LogP contribution is -2.32. The van der Waals surface area contributed by atoms with Crippen LogP contribution in [-0.2, 0) is 0 Å². The van der Waals surface area contributed by atoms with Crippen molar-refractivity contribution in [1.82, 2.24) is 5.16 Å². The Bertz CT molecular complexity index is 905. The maximum atomic E-state index is 13.4. The quantitative estimate of drug-likeness (QED) is 0.666. The van der Waals surface area contributed by atoms with Crippen molar-refractivity contribution in [2.24, 2.45) is 0 Å². The van der Waals surface area contributed by atoms with Crippen molar-refractivity contribution in [3.8, 4) is 11.3 Å². The highest BCUT2D eigenvalue weighted by Crippen LogP contribution is 2.36. The minimum absolute atomic E-state index is 0.0486. The molecule has 4 nitrogen and oxygen atoms in total. The first-order chi connectivity index (χ1) is 12.3. The largest absolute Gasteiger partial charge is 0.360 e. The van der Waals surface area contributed by atoms with Gasteiger partial charge in [-0.2, -0.15) is 0 Å². The number of hydrogen-bond donors (Lipinski definition) is 0. The summed E-state index contributed by atoms with van der Waals surface area (Å²) in [5.41, 5.74) is 3.01. The predicted molar refractivity (Wildman–Crippen MR) is 100 cm³/mol. The van der Waals surface area contributed by atoms with Gasteiger partial charge in [0.1, 0.15) is 17.0 Å². The Balaban J connectivity index is 1.79. The number of hydrogen-bond acceptors (Lipinski definition) is 4. The van der Waals surface area contributed by atoms with Gasteiger partial charge >= 0.3 is 0 Å². The first kappa shape index (κ1) is 16.0. The average Bonchev–Trinajstić information content (AvgIpc) is 2.91. The number of anilines is 1. The molecule has 0 bridgehead atoms. The molecule has 4 rings (SSSR count). The number of aromatic nitrogens is 1. The Morgan fingerprint density at radius 2 is 1.88 bits per heavy atom. The molecule has 126 valence electrons. The summed E-state index contributed by atoms with van der Waals surface area (Å²) >= 11 is 1.80. The zero-order chi connectivity index (χ0) is 17.2. The fourth-order valence-corrected chi connectivity index (χ4v) is 4.08. The highest BCUT2D eigenvalue weighted by molar-refractivity contribution is 7.99. The summed E-state index contributed by atoms with van der Waals surface area (Å²) in [5.74, 6) is 1.51. The number of thioether (sulfide) groups is 1. The van der Waals surface area contributed by atoms with Crippen LogP contribution in [0.25, 0.3) is 11.3 Å². The van der Waals surface area contributed by atoms with Crippen LogP contribution in [0.5, 0.6) is 0 Å². The van der Waals surface area contributed by atoms with E-state index in [-0.39, 0.29) is 5.91 Å². The van der Waals surface area contributed by atoms with Crippen LogP contribution < -0.4 is 4.90 Å². The summed E-state index contributed by atoms with van der Waals surface area (Å²) in [6.07, 6.45) is 0.954. The van der Waals surface area contributed by atoms with E-state index in [1.807, 2.05) is 53.4 Å². The van der Waals surface area contributed by atoms with Crippen molar-refractivity contribution in [2.45, 2.75) is 18.2 Å². The zero-order valence-electron chi connectivity index (χ0n) is 13.9. The molecule has 0 radical (unpaired) electrons. The van der Waals surface area contributed by atoms with Crippen LogP contribution in [0.2, 0.25) is 0 Å². The van der Waals surface area contributed by atoms with Crippen LogP contribution in [0, 0.1) is 6.92 Å². The Kier molecular flexibility index (Phi) is 4.32. The Morgan fingerprint density at radius 3 is 2.72 bits per heavy atom. The standard InChI is InChI=1S/C20H18N2O2S/c1-14-18(19(21-24-14)15-8-3-2-4-9-15)20(23)22-12-7-13-25-17-11-6-5-10-16(17)22/h2-6,8-11H,7,12-13H2,1H3. The van der Waals surface area contributed by atoms with Crippen molar-refractivity contribution < 1.29 is 9.32 Å². The normalized spacial score (nSPS) is 14.0. The Morgan fingerprint density at radius 1 is 1.12 bits per heavy atom. The fraction of sp³-hybridized carbons (Fsp3) is 0.200. The molecule has 0 unspecified atom stereocenters. The van der Waals surface area contributed by atoms with Gasteiger partial charge in [0.2, 0.25) is 0 Å². The van der Waals surface area contributed by atoms with Gasteiger partial charge in [-0.25, -0.2) is 0 Å². The molecule has 0 fully saturated rings. The van der Waals surface area contributed by atoms with E-state index in [4.69, 9.17) is 4.52 Å². The number of benzene rings is 2. The van der Waals surface area contributed by atoms with Crippen molar-refractivity contribution in [3.63, 3.8) is 0 Å². The third-order valence-electron chi connectivity index (χ3n) is 4.31. The molecule has 0 saturated carbocycles. The van der Waals surface area contributed by atoms with Gasteiger partial charge in [0.05, 0.1) is 5.69 Å². The second-order valence-corrected chi connectivity index (χ2v) is 7.09. The van der Waals surface area contributed by atoms with Gasteiger partial charge in [-0.3, -0.25) is 4.79 Å². The van der Waals surface area contributed by atoms with Crippen LogP contribution in [0.4, 0.5) is 5.69 Å². The second-order valence-electron chi connectivity index (χ2n) is 5.95. The molecule has 0 saturated heterocycles. The third kappa shape index (κ3) is 2.96. The molecule has 1 aliphatic heterocycles. The van der Waals surface area contributed by atoms with Crippen molar-refractivity contribution in [1.29, 1.82) is 0 Å². The summed E-state index contributed by atoms with van der Waals surface area (Å²) in [6.45, 7) is 2.49. The van der Waals surface area contributed by atoms with Crippen LogP contribution in [0.15, 0.2) is 64.0 Å². The van der Waals surface area contributed by atoms with E-state index in [1.54, 1.807) is 18.7 Å². The van der Waals surface area contributed by atoms with Gasteiger partial charge in [-0.15, -0.1) is 11.8 Å². The predicted octanol–water partition coefficient (Wildman–Crippen LogP) is 4.79. The number of para-hydroxylation sites is 1. The molecule has 0 spiro atoms. The van der Waals surface area contributed by atoms with E-state index in [2.05, 4.69) is 11.2 Å². The van der Waals surface area contributed by atoms with E-state index in [0.717, 1.165) is 28.3 Å². The van der Waals surface area contributed by atoms with Crippen LogP contribution >= 0.6 is 11.8 Å². The van der Waals surface area contributed by atoms with Gasteiger partial charge in [-0.05, 0) is 31.2 Å². The number of aryl methyl sites for hydroxylation is 1. The summed E-state index contributed by atoms with van der Waals surface area (Å²) in [6, 6.07) is 17.8. The molecule has 0 N–H and O–H groups in total. The molecule has 2 heterocycles. The minimum atomic E-state index is -0.0486. The zero-order valence-corrected chi connectivity index (χ0v) is 14.8. The van der Waals surface area contributed by atoms with Crippen molar-refractivity contribution in [3.05, 3.63) is 65.9 Å². The van der Waals surface area contributed by atoms with Gasteiger partial charge < -0.3 is 9.42 Å². The van der Waals surface area contributed by atoms with E-state index in [0.29, 0.717) is 23.6 Å². The van der Waals surface area contributed by atoms with Crippen LogP contribution in [-0.4, -0.2) is 23.4 Å². The minimum Gasteiger partial charge on any atom is -0.360 e. The van der Waals surface area contributed by atoms with Gasteiger partial charge in [0.15, 0.2) is 0 Å². The molecule has 1 aromatic heterocycles. The number of fused-ring (bicyclic) bond motifs is 1.